The Morgan fingerprint density at radius 3 is 2.24 bits per heavy atom. The standard InChI is InChI=1S/C32H26BrN3O4S2/c1-39-26-12-7-13-27(40-2)28(26)30(37)34-23-10-6-11-24(18-23)42-29(21-8-4-3-5-9-21)31(38)36-32-35-25(19-41-32)20-14-16-22(33)17-15-20/h3-19,29H,1-2H3,(H,34,37)(H,35,36,38). The number of aromatic nitrogens is 1. The van der Waals surface area contributed by atoms with E-state index in [1.165, 1.54) is 37.3 Å². The summed E-state index contributed by atoms with van der Waals surface area (Å²) >= 11 is 6.21. The van der Waals surface area contributed by atoms with Crippen molar-refractivity contribution in [3.63, 3.8) is 0 Å². The molecule has 7 nitrogen and oxygen atoms in total. The second kappa shape index (κ2) is 13.7. The van der Waals surface area contributed by atoms with Gasteiger partial charge in [-0.05, 0) is 48.0 Å². The molecule has 2 amide bonds. The van der Waals surface area contributed by atoms with E-state index in [2.05, 4.69) is 31.5 Å². The number of anilines is 2. The number of hydrogen-bond donors (Lipinski definition) is 2. The van der Waals surface area contributed by atoms with Crippen LogP contribution in [0, 0.1) is 0 Å². The van der Waals surface area contributed by atoms with Crippen molar-refractivity contribution in [2.75, 3.05) is 24.9 Å². The lowest BCUT2D eigenvalue weighted by atomic mass is 10.1. The van der Waals surface area contributed by atoms with E-state index >= 15 is 0 Å². The van der Waals surface area contributed by atoms with Crippen LogP contribution in [0.15, 0.2) is 112 Å². The van der Waals surface area contributed by atoms with Crippen molar-refractivity contribution < 1.29 is 19.1 Å². The number of benzene rings is 4. The lowest BCUT2D eigenvalue weighted by Gasteiger charge is -2.17. The third kappa shape index (κ3) is 7.02. The summed E-state index contributed by atoms with van der Waals surface area (Å²) in [5, 5.41) is 7.80. The van der Waals surface area contributed by atoms with E-state index < -0.39 is 5.25 Å². The molecule has 0 fully saturated rings. The normalized spacial score (nSPS) is 11.4. The molecule has 0 bridgehead atoms. The molecule has 1 atom stereocenters. The highest BCUT2D eigenvalue weighted by Gasteiger charge is 2.24. The third-order valence-corrected chi connectivity index (χ3v) is 8.75. The third-order valence-electron chi connectivity index (χ3n) is 6.22. The lowest BCUT2D eigenvalue weighted by molar-refractivity contribution is -0.115. The van der Waals surface area contributed by atoms with E-state index in [-0.39, 0.29) is 11.8 Å². The van der Waals surface area contributed by atoms with Gasteiger partial charge in [-0.25, -0.2) is 4.98 Å². The van der Waals surface area contributed by atoms with Crippen LogP contribution in [0.3, 0.4) is 0 Å². The molecule has 4 aromatic carbocycles. The Morgan fingerprint density at radius 1 is 0.857 bits per heavy atom. The number of thioether (sulfide) groups is 1. The van der Waals surface area contributed by atoms with Crippen LogP contribution in [0.25, 0.3) is 11.3 Å². The molecule has 0 aliphatic rings. The lowest BCUT2D eigenvalue weighted by Crippen LogP contribution is -2.19. The number of thiazole rings is 1. The van der Waals surface area contributed by atoms with Crippen LogP contribution in [0.1, 0.15) is 21.2 Å². The van der Waals surface area contributed by atoms with Crippen molar-refractivity contribution in [1.82, 2.24) is 4.98 Å². The monoisotopic (exact) mass is 659 g/mol. The zero-order chi connectivity index (χ0) is 29.5. The molecular weight excluding hydrogens is 634 g/mol. The van der Waals surface area contributed by atoms with Crippen molar-refractivity contribution in [3.8, 4) is 22.8 Å². The first-order valence-corrected chi connectivity index (χ1v) is 15.4. The summed E-state index contributed by atoms with van der Waals surface area (Å²) in [6.45, 7) is 0. The second-order valence-electron chi connectivity index (χ2n) is 8.96. The average Bonchev–Trinajstić information content (AvgIpc) is 3.48. The molecule has 0 aliphatic carbocycles. The van der Waals surface area contributed by atoms with Crippen LogP contribution in [0.5, 0.6) is 11.5 Å². The minimum atomic E-state index is -0.563. The Morgan fingerprint density at radius 2 is 1.55 bits per heavy atom. The smallest absolute Gasteiger partial charge is 0.263 e. The van der Waals surface area contributed by atoms with Gasteiger partial charge >= 0.3 is 0 Å². The van der Waals surface area contributed by atoms with Gasteiger partial charge < -0.3 is 20.1 Å². The van der Waals surface area contributed by atoms with Crippen LogP contribution >= 0.6 is 39.0 Å². The molecule has 1 unspecified atom stereocenters. The van der Waals surface area contributed by atoms with Gasteiger partial charge in [0.1, 0.15) is 22.3 Å². The molecule has 2 N–H and O–H groups in total. The van der Waals surface area contributed by atoms with Crippen LogP contribution < -0.4 is 20.1 Å². The fourth-order valence-corrected chi connectivity index (χ4v) is 6.28. The van der Waals surface area contributed by atoms with Gasteiger partial charge in [-0.2, -0.15) is 0 Å². The summed E-state index contributed by atoms with van der Waals surface area (Å²) in [7, 11) is 3.01. The predicted octanol–water partition coefficient (Wildman–Crippen LogP) is 8.31. The molecule has 1 heterocycles. The number of rotatable bonds is 10. The van der Waals surface area contributed by atoms with Gasteiger partial charge in [0.05, 0.1) is 19.9 Å². The van der Waals surface area contributed by atoms with E-state index in [0.717, 1.165) is 26.2 Å². The molecule has 0 radical (unpaired) electrons. The number of carbonyl (C=O) groups excluding carboxylic acids is 2. The zero-order valence-corrected chi connectivity index (χ0v) is 25.9. The van der Waals surface area contributed by atoms with Gasteiger partial charge in [0.2, 0.25) is 5.91 Å². The first-order valence-electron chi connectivity index (χ1n) is 12.8. The van der Waals surface area contributed by atoms with E-state index in [4.69, 9.17) is 9.47 Å². The summed E-state index contributed by atoms with van der Waals surface area (Å²) in [5.41, 5.74) is 3.48. The molecule has 0 saturated carbocycles. The highest BCUT2D eigenvalue weighted by atomic mass is 79.9. The quantitative estimate of drug-likeness (QED) is 0.147. The maximum Gasteiger partial charge on any atom is 0.263 e. The van der Waals surface area contributed by atoms with Crippen molar-refractivity contribution in [1.29, 1.82) is 0 Å². The van der Waals surface area contributed by atoms with E-state index in [1.54, 1.807) is 24.3 Å². The van der Waals surface area contributed by atoms with Crippen LogP contribution in [-0.2, 0) is 4.79 Å². The van der Waals surface area contributed by atoms with Crippen molar-refractivity contribution >= 4 is 61.7 Å². The first-order chi connectivity index (χ1) is 20.4. The summed E-state index contributed by atoms with van der Waals surface area (Å²) in [6, 6.07) is 30.0. The number of hydrogen-bond acceptors (Lipinski definition) is 7. The Balaban J connectivity index is 1.35. The number of carbonyl (C=O) groups is 2. The molecule has 5 aromatic rings. The van der Waals surface area contributed by atoms with Gasteiger partial charge in [0.15, 0.2) is 5.13 Å². The fourth-order valence-electron chi connectivity index (χ4n) is 4.21. The maximum atomic E-state index is 13.6. The summed E-state index contributed by atoms with van der Waals surface area (Å²) < 4.78 is 11.8. The highest BCUT2D eigenvalue weighted by Crippen LogP contribution is 2.38. The number of ether oxygens (including phenoxy) is 2. The van der Waals surface area contributed by atoms with Crippen molar-refractivity contribution in [2.45, 2.75) is 10.1 Å². The van der Waals surface area contributed by atoms with Crippen LogP contribution in [0.4, 0.5) is 10.8 Å². The minimum absolute atomic E-state index is 0.198. The molecule has 10 heteroatoms. The van der Waals surface area contributed by atoms with Crippen LogP contribution in [0.2, 0.25) is 0 Å². The van der Waals surface area contributed by atoms with Crippen molar-refractivity contribution in [2.24, 2.45) is 0 Å². The molecule has 1 aromatic heterocycles. The number of amides is 2. The number of nitrogens with zero attached hydrogens (tertiary/aromatic N) is 1. The molecule has 0 spiro atoms. The average molecular weight is 661 g/mol. The molecule has 5 rings (SSSR count). The Hall–Kier alpha value is -4.12. The number of halogens is 1. The van der Waals surface area contributed by atoms with Gasteiger partial charge in [-0.15, -0.1) is 23.1 Å². The second-order valence-corrected chi connectivity index (χ2v) is 11.9. The molecule has 0 saturated heterocycles. The van der Waals surface area contributed by atoms with Crippen LogP contribution in [-0.4, -0.2) is 31.0 Å². The minimum Gasteiger partial charge on any atom is -0.496 e. The summed E-state index contributed by atoms with van der Waals surface area (Å²) in [6.07, 6.45) is 0. The maximum absolute atomic E-state index is 13.6. The number of nitrogens with one attached hydrogen (secondary N) is 2. The van der Waals surface area contributed by atoms with E-state index in [9.17, 15) is 9.59 Å². The fraction of sp³-hybridized carbons (Fsp3) is 0.0938. The highest BCUT2D eigenvalue weighted by molar-refractivity contribution is 9.10. The topological polar surface area (TPSA) is 89.5 Å². The zero-order valence-electron chi connectivity index (χ0n) is 22.7. The Kier molecular flexibility index (Phi) is 9.58. The predicted molar refractivity (Wildman–Crippen MR) is 173 cm³/mol. The number of methoxy groups -OCH3 is 2. The van der Waals surface area contributed by atoms with Gasteiger partial charge in [0, 0.05) is 26.0 Å². The van der Waals surface area contributed by atoms with E-state index in [1.807, 2.05) is 78.2 Å². The largest absolute Gasteiger partial charge is 0.496 e. The van der Waals surface area contributed by atoms with Gasteiger partial charge in [-0.1, -0.05) is 70.5 Å². The van der Waals surface area contributed by atoms with Gasteiger partial charge in [-0.3, -0.25) is 9.59 Å². The SMILES string of the molecule is COc1cccc(OC)c1C(=O)Nc1cccc(SC(C(=O)Nc2nc(-c3ccc(Br)cc3)cs2)c2ccccc2)c1. The Labute approximate surface area is 260 Å². The molecule has 0 aliphatic heterocycles. The van der Waals surface area contributed by atoms with E-state index in [0.29, 0.717) is 27.9 Å². The van der Waals surface area contributed by atoms with Gasteiger partial charge in [0.25, 0.3) is 5.91 Å². The molecular formula is C32H26BrN3O4S2. The Bertz CT molecular complexity index is 1670. The summed E-state index contributed by atoms with van der Waals surface area (Å²) in [4.78, 5) is 32.3. The summed E-state index contributed by atoms with van der Waals surface area (Å²) in [5.74, 6) is 0.248. The first kappa shape index (κ1) is 29.4. The van der Waals surface area contributed by atoms with Crippen molar-refractivity contribution in [3.05, 3.63) is 118 Å². The molecule has 212 valence electrons. The molecule has 42 heavy (non-hydrogen) atoms.